The third-order valence-electron chi connectivity index (χ3n) is 3.22. The molecule has 0 unspecified atom stereocenters. The van der Waals surface area contributed by atoms with Gasteiger partial charge in [-0.1, -0.05) is 36.4 Å². The quantitative estimate of drug-likeness (QED) is 0.730. The summed E-state index contributed by atoms with van der Waals surface area (Å²) in [4.78, 5) is 0. The zero-order valence-electron chi connectivity index (χ0n) is 9.15. The highest BCUT2D eigenvalue weighted by atomic mass is 16.5. The van der Waals surface area contributed by atoms with Crippen LogP contribution in [0.2, 0.25) is 0 Å². The standard InChI is InChI=1S/C14H15NO/c15-13-6-3-9-16-14-11-5-2-1-4-10(11)7-8-12(13)14/h1-2,4-5,7-8,13H,3,6,9,15H2/t13-/m0/s1. The maximum Gasteiger partial charge on any atom is 0.131 e. The van der Waals surface area contributed by atoms with Crippen LogP contribution < -0.4 is 10.5 Å². The van der Waals surface area contributed by atoms with Gasteiger partial charge in [-0.15, -0.1) is 0 Å². The van der Waals surface area contributed by atoms with E-state index >= 15 is 0 Å². The predicted octanol–water partition coefficient (Wildman–Crippen LogP) is 3.01. The molecule has 16 heavy (non-hydrogen) atoms. The molecule has 0 saturated heterocycles. The van der Waals surface area contributed by atoms with Crippen molar-refractivity contribution >= 4 is 10.8 Å². The zero-order valence-corrected chi connectivity index (χ0v) is 9.15. The minimum atomic E-state index is 0.113. The van der Waals surface area contributed by atoms with Crippen molar-refractivity contribution in [2.24, 2.45) is 5.73 Å². The third-order valence-corrected chi connectivity index (χ3v) is 3.22. The van der Waals surface area contributed by atoms with Crippen LogP contribution in [0.5, 0.6) is 5.75 Å². The molecule has 1 aliphatic rings. The van der Waals surface area contributed by atoms with Crippen LogP contribution >= 0.6 is 0 Å². The normalized spacial score (nSPS) is 19.9. The maximum absolute atomic E-state index is 6.16. The molecule has 0 aliphatic carbocycles. The molecule has 82 valence electrons. The Kier molecular flexibility index (Phi) is 2.29. The molecule has 3 rings (SSSR count). The second-order valence-electron chi connectivity index (χ2n) is 4.30. The summed E-state index contributed by atoms with van der Waals surface area (Å²) < 4.78 is 5.85. The van der Waals surface area contributed by atoms with E-state index < -0.39 is 0 Å². The van der Waals surface area contributed by atoms with Crippen LogP contribution in [0.25, 0.3) is 10.8 Å². The number of hydrogen-bond donors (Lipinski definition) is 1. The van der Waals surface area contributed by atoms with E-state index in [0.717, 1.165) is 30.8 Å². The fourth-order valence-electron chi connectivity index (χ4n) is 2.35. The molecule has 0 amide bonds. The van der Waals surface area contributed by atoms with Gasteiger partial charge in [0.15, 0.2) is 0 Å². The third kappa shape index (κ3) is 1.46. The van der Waals surface area contributed by atoms with Crippen molar-refractivity contribution in [3.8, 4) is 5.75 Å². The molecule has 1 aliphatic heterocycles. The zero-order chi connectivity index (χ0) is 11.0. The largest absolute Gasteiger partial charge is 0.493 e. The number of ether oxygens (including phenoxy) is 1. The summed E-state index contributed by atoms with van der Waals surface area (Å²) in [5, 5.41) is 2.40. The van der Waals surface area contributed by atoms with Crippen LogP contribution in [-0.4, -0.2) is 6.61 Å². The van der Waals surface area contributed by atoms with Crippen molar-refractivity contribution in [2.75, 3.05) is 6.61 Å². The monoisotopic (exact) mass is 213 g/mol. The van der Waals surface area contributed by atoms with Crippen molar-refractivity contribution in [3.05, 3.63) is 42.0 Å². The number of hydrogen-bond acceptors (Lipinski definition) is 2. The van der Waals surface area contributed by atoms with E-state index in [1.807, 2.05) is 12.1 Å². The van der Waals surface area contributed by atoms with Crippen LogP contribution in [0.1, 0.15) is 24.4 Å². The Hall–Kier alpha value is -1.54. The molecule has 2 N–H and O–H groups in total. The maximum atomic E-state index is 6.16. The minimum absolute atomic E-state index is 0.113. The first kappa shape index (κ1) is 9.67. The molecule has 0 radical (unpaired) electrons. The van der Waals surface area contributed by atoms with Crippen molar-refractivity contribution in [2.45, 2.75) is 18.9 Å². The molecule has 2 nitrogen and oxygen atoms in total. The summed E-state index contributed by atoms with van der Waals surface area (Å²) in [6, 6.07) is 12.6. The fraction of sp³-hybridized carbons (Fsp3) is 0.286. The highest BCUT2D eigenvalue weighted by Crippen LogP contribution is 2.36. The van der Waals surface area contributed by atoms with Crippen LogP contribution in [0.4, 0.5) is 0 Å². The van der Waals surface area contributed by atoms with Gasteiger partial charge in [-0.25, -0.2) is 0 Å². The van der Waals surface area contributed by atoms with Gasteiger partial charge in [-0.3, -0.25) is 0 Å². The van der Waals surface area contributed by atoms with E-state index in [1.165, 1.54) is 10.8 Å². The van der Waals surface area contributed by atoms with E-state index in [9.17, 15) is 0 Å². The van der Waals surface area contributed by atoms with E-state index in [2.05, 4.69) is 24.3 Å². The van der Waals surface area contributed by atoms with E-state index in [1.54, 1.807) is 0 Å². The van der Waals surface area contributed by atoms with Crippen molar-refractivity contribution in [3.63, 3.8) is 0 Å². The van der Waals surface area contributed by atoms with Gasteiger partial charge in [0.05, 0.1) is 6.61 Å². The average Bonchev–Trinajstić information content (AvgIpc) is 2.52. The number of nitrogens with two attached hydrogens (primary N) is 1. The van der Waals surface area contributed by atoms with E-state index in [0.29, 0.717) is 0 Å². The lowest BCUT2D eigenvalue weighted by Gasteiger charge is -2.14. The van der Waals surface area contributed by atoms with Crippen LogP contribution in [0.15, 0.2) is 36.4 Å². The van der Waals surface area contributed by atoms with Gasteiger partial charge in [-0.2, -0.15) is 0 Å². The molecule has 0 bridgehead atoms. The summed E-state index contributed by atoms with van der Waals surface area (Å²) in [6.45, 7) is 0.773. The van der Waals surface area contributed by atoms with Gasteiger partial charge in [0.2, 0.25) is 0 Å². The van der Waals surface area contributed by atoms with Crippen molar-refractivity contribution < 1.29 is 4.74 Å². The number of rotatable bonds is 0. The van der Waals surface area contributed by atoms with Gasteiger partial charge in [0.1, 0.15) is 5.75 Å². The number of fused-ring (bicyclic) bond motifs is 3. The molecule has 1 heterocycles. The van der Waals surface area contributed by atoms with Crippen LogP contribution in [0, 0.1) is 0 Å². The van der Waals surface area contributed by atoms with Crippen LogP contribution in [0.3, 0.4) is 0 Å². The Morgan fingerprint density at radius 1 is 1.12 bits per heavy atom. The Morgan fingerprint density at radius 3 is 2.94 bits per heavy atom. The molecule has 2 heteroatoms. The summed E-state index contributed by atoms with van der Waals surface area (Å²) in [7, 11) is 0. The Balaban J connectivity index is 2.28. The van der Waals surface area contributed by atoms with Gasteiger partial charge < -0.3 is 10.5 Å². The van der Waals surface area contributed by atoms with Crippen molar-refractivity contribution in [1.82, 2.24) is 0 Å². The smallest absolute Gasteiger partial charge is 0.131 e. The first-order valence-corrected chi connectivity index (χ1v) is 5.76. The van der Waals surface area contributed by atoms with E-state index in [-0.39, 0.29) is 6.04 Å². The molecule has 0 spiro atoms. The molecule has 0 fully saturated rings. The fourth-order valence-corrected chi connectivity index (χ4v) is 2.35. The first-order chi connectivity index (χ1) is 7.86. The van der Waals surface area contributed by atoms with Gasteiger partial charge in [0.25, 0.3) is 0 Å². The molecule has 1 atom stereocenters. The Morgan fingerprint density at radius 2 is 2.00 bits per heavy atom. The minimum Gasteiger partial charge on any atom is -0.493 e. The number of benzene rings is 2. The van der Waals surface area contributed by atoms with E-state index in [4.69, 9.17) is 10.5 Å². The van der Waals surface area contributed by atoms with Gasteiger partial charge in [-0.05, 0) is 18.2 Å². The van der Waals surface area contributed by atoms with Gasteiger partial charge >= 0.3 is 0 Å². The average molecular weight is 213 g/mol. The highest BCUT2D eigenvalue weighted by Gasteiger charge is 2.18. The molecule has 2 aromatic carbocycles. The SMILES string of the molecule is N[C@H]1CCCOc2c1ccc1ccccc21. The lowest BCUT2D eigenvalue weighted by molar-refractivity contribution is 0.319. The summed E-state index contributed by atoms with van der Waals surface area (Å²) in [5.74, 6) is 0.989. The van der Waals surface area contributed by atoms with Crippen molar-refractivity contribution in [1.29, 1.82) is 0 Å². The Labute approximate surface area is 95.0 Å². The Bertz CT molecular complexity index is 521. The predicted molar refractivity (Wildman–Crippen MR) is 65.6 cm³/mol. The van der Waals surface area contributed by atoms with Crippen LogP contribution in [-0.2, 0) is 0 Å². The second-order valence-corrected chi connectivity index (χ2v) is 4.30. The second kappa shape index (κ2) is 3.80. The summed E-state index contributed by atoms with van der Waals surface area (Å²) in [5.41, 5.74) is 7.31. The summed E-state index contributed by atoms with van der Waals surface area (Å²) in [6.07, 6.45) is 2.04. The molecule has 0 saturated carbocycles. The molecular formula is C14H15NO. The molecule has 2 aromatic rings. The highest BCUT2D eigenvalue weighted by molar-refractivity contribution is 5.89. The molecule has 0 aromatic heterocycles. The topological polar surface area (TPSA) is 35.2 Å². The van der Waals surface area contributed by atoms with Gasteiger partial charge in [0, 0.05) is 17.0 Å². The first-order valence-electron chi connectivity index (χ1n) is 5.76. The lowest BCUT2D eigenvalue weighted by Crippen LogP contribution is -2.08. The summed E-state index contributed by atoms with van der Waals surface area (Å²) >= 11 is 0. The lowest BCUT2D eigenvalue weighted by atomic mass is 9.99. The molecular weight excluding hydrogens is 198 g/mol.